The van der Waals surface area contributed by atoms with Gasteiger partial charge in [-0.15, -0.1) is 0 Å². The lowest BCUT2D eigenvalue weighted by Gasteiger charge is -2.31. The molecular formula is C15H20F3NS. The third-order valence-corrected chi connectivity index (χ3v) is 5.05. The molecule has 0 aromatic heterocycles. The maximum Gasteiger partial charge on any atom is 0.416 e. The van der Waals surface area contributed by atoms with Crippen molar-refractivity contribution in [2.24, 2.45) is 0 Å². The van der Waals surface area contributed by atoms with Gasteiger partial charge in [-0.3, -0.25) is 0 Å². The van der Waals surface area contributed by atoms with Gasteiger partial charge in [0, 0.05) is 17.8 Å². The summed E-state index contributed by atoms with van der Waals surface area (Å²) in [6.45, 7) is 0.289. The third kappa shape index (κ3) is 3.92. The number of nitrogens with one attached hydrogen (secondary N) is 1. The highest BCUT2D eigenvalue weighted by Gasteiger charge is 2.33. The van der Waals surface area contributed by atoms with Crippen LogP contribution >= 0.6 is 11.8 Å². The Morgan fingerprint density at radius 1 is 1.20 bits per heavy atom. The summed E-state index contributed by atoms with van der Waals surface area (Å²) >= 11 is 1.81. The van der Waals surface area contributed by atoms with Gasteiger partial charge in [0.1, 0.15) is 0 Å². The molecule has 2 rings (SSSR count). The van der Waals surface area contributed by atoms with Crippen LogP contribution in [-0.2, 0) is 12.7 Å². The molecule has 1 N–H and O–H groups in total. The Morgan fingerprint density at radius 3 is 2.60 bits per heavy atom. The number of halogens is 3. The molecule has 0 aliphatic heterocycles. The average molecular weight is 303 g/mol. The highest BCUT2D eigenvalue weighted by molar-refractivity contribution is 7.99. The third-order valence-electron chi connectivity index (χ3n) is 3.88. The van der Waals surface area contributed by atoms with E-state index >= 15 is 0 Å². The monoisotopic (exact) mass is 303 g/mol. The number of alkyl halides is 3. The zero-order valence-corrected chi connectivity index (χ0v) is 12.4. The minimum absolute atomic E-state index is 0.289. The summed E-state index contributed by atoms with van der Waals surface area (Å²) in [4.78, 5) is 0. The second-order valence-electron chi connectivity index (χ2n) is 5.20. The standard InChI is InChI=1S/C15H20F3NS/c1-20-14-9-5-4-8-13(14)19-10-11-6-2-3-7-12(11)15(16,17)18/h2-3,6-7,13-14,19H,4-5,8-10H2,1H3. The molecule has 1 aliphatic rings. The van der Waals surface area contributed by atoms with Crippen LogP contribution in [0.15, 0.2) is 24.3 Å². The zero-order chi connectivity index (χ0) is 14.6. The Bertz CT molecular complexity index is 433. The molecule has 2 unspecified atom stereocenters. The van der Waals surface area contributed by atoms with Crippen molar-refractivity contribution < 1.29 is 13.2 Å². The topological polar surface area (TPSA) is 12.0 Å². The van der Waals surface area contributed by atoms with Crippen LogP contribution < -0.4 is 5.32 Å². The van der Waals surface area contributed by atoms with Crippen LogP contribution in [-0.4, -0.2) is 17.5 Å². The van der Waals surface area contributed by atoms with Crippen molar-refractivity contribution in [2.45, 2.75) is 49.7 Å². The quantitative estimate of drug-likeness (QED) is 0.881. The molecule has 0 spiro atoms. The molecule has 2 atom stereocenters. The highest BCUT2D eigenvalue weighted by Crippen LogP contribution is 2.32. The minimum atomic E-state index is -4.27. The van der Waals surface area contributed by atoms with Gasteiger partial charge in [0.15, 0.2) is 0 Å². The summed E-state index contributed by atoms with van der Waals surface area (Å²) in [5.74, 6) is 0. The van der Waals surface area contributed by atoms with E-state index in [2.05, 4.69) is 11.6 Å². The lowest BCUT2D eigenvalue weighted by atomic mass is 9.94. The summed E-state index contributed by atoms with van der Waals surface area (Å²) in [5.41, 5.74) is -0.186. The van der Waals surface area contributed by atoms with Crippen LogP contribution in [0.4, 0.5) is 13.2 Å². The number of benzene rings is 1. The van der Waals surface area contributed by atoms with Gasteiger partial charge < -0.3 is 5.32 Å². The van der Waals surface area contributed by atoms with E-state index in [1.54, 1.807) is 12.1 Å². The predicted molar refractivity (Wildman–Crippen MR) is 77.8 cm³/mol. The van der Waals surface area contributed by atoms with Gasteiger partial charge in [-0.05, 0) is 30.7 Å². The molecule has 0 saturated heterocycles. The molecule has 112 valence electrons. The van der Waals surface area contributed by atoms with Crippen molar-refractivity contribution in [3.63, 3.8) is 0 Å². The van der Waals surface area contributed by atoms with E-state index in [0.717, 1.165) is 25.3 Å². The predicted octanol–water partition coefficient (Wildman–Crippen LogP) is 4.47. The fourth-order valence-corrected chi connectivity index (χ4v) is 3.77. The number of thioether (sulfide) groups is 1. The van der Waals surface area contributed by atoms with Crippen LogP contribution in [0.5, 0.6) is 0 Å². The molecule has 1 fully saturated rings. The molecule has 0 radical (unpaired) electrons. The summed E-state index contributed by atoms with van der Waals surface area (Å²) < 4.78 is 38.8. The first-order valence-corrected chi connectivity index (χ1v) is 8.22. The Kier molecular flexibility index (Phi) is 5.38. The van der Waals surface area contributed by atoms with Crippen molar-refractivity contribution in [3.05, 3.63) is 35.4 Å². The Morgan fingerprint density at radius 2 is 1.90 bits per heavy atom. The van der Waals surface area contributed by atoms with Gasteiger partial charge in [-0.25, -0.2) is 0 Å². The van der Waals surface area contributed by atoms with Gasteiger partial charge in [0.2, 0.25) is 0 Å². The van der Waals surface area contributed by atoms with Crippen molar-refractivity contribution in [1.82, 2.24) is 5.32 Å². The second kappa shape index (κ2) is 6.85. The molecule has 1 aromatic rings. The van der Waals surface area contributed by atoms with Crippen molar-refractivity contribution in [1.29, 1.82) is 0 Å². The van der Waals surface area contributed by atoms with Crippen LogP contribution in [0.3, 0.4) is 0 Å². The largest absolute Gasteiger partial charge is 0.416 e. The van der Waals surface area contributed by atoms with Crippen molar-refractivity contribution >= 4 is 11.8 Å². The van der Waals surface area contributed by atoms with Crippen LogP contribution in [0.25, 0.3) is 0 Å². The van der Waals surface area contributed by atoms with E-state index in [0.29, 0.717) is 16.9 Å². The second-order valence-corrected chi connectivity index (χ2v) is 6.28. The van der Waals surface area contributed by atoms with Gasteiger partial charge in [-0.1, -0.05) is 31.0 Å². The Balaban J connectivity index is 2.03. The summed E-state index contributed by atoms with van der Waals surface area (Å²) in [6, 6.07) is 6.15. The fourth-order valence-electron chi connectivity index (χ4n) is 2.80. The first-order chi connectivity index (χ1) is 9.52. The first-order valence-electron chi connectivity index (χ1n) is 6.93. The lowest BCUT2D eigenvalue weighted by molar-refractivity contribution is -0.138. The van der Waals surface area contributed by atoms with E-state index < -0.39 is 11.7 Å². The van der Waals surface area contributed by atoms with E-state index in [4.69, 9.17) is 0 Å². The summed E-state index contributed by atoms with van der Waals surface area (Å²) in [6.07, 6.45) is 2.40. The molecule has 1 nitrogen and oxygen atoms in total. The molecule has 0 bridgehead atoms. The zero-order valence-electron chi connectivity index (χ0n) is 11.5. The maximum atomic E-state index is 12.9. The number of hydrogen-bond acceptors (Lipinski definition) is 2. The molecule has 0 amide bonds. The first kappa shape index (κ1) is 15.7. The van der Waals surface area contributed by atoms with Gasteiger partial charge in [-0.2, -0.15) is 24.9 Å². The van der Waals surface area contributed by atoms with E-state index in [1.165, 1.54) is 12.5 Å². The SMILES string of the molecule is CSC1CCCCC1NCc1ccccc1C(F)(F)F. The average Bonchev–Trinajstić information content (AvgIpc) is 2.44. The van der Waals surface area contributed by atoms with Crippen LogP contribution in [0.2, 0.25) is 0 Å². The van der Waals surface area contributed by atoms with E-state index in [1.807, 2.05) is 11.8 Å². The lowest BCUT2D eigenvalue weighted by Crippen LogP contribution is -2.40. The van der Waals surface area contributed by atoms with Gasteiger partial charge >= 0.3 is 6.18 Å². The molecular weight excluding hydrogens is 283 g/mol. The molecule has 1 saturated carbocycles. The molecule has 0 heterocycles. The fraction of sp³-hybridized carbons (Fsp3) is 0.600. The van der Waals surface area contributed by atoms with Crippen molar-refractivity contribution in [2.75, 3.05) is 6.26 Å². The highest BCUT2D eigenvalue weighted by atomic mass is 32.2. The smallest absolute Gasteiger partial charge is 0.309 e. The Hall–Kier alpha value is -0.680. The minimum Gasteiger partial charge on any atom is -0.309 e. The molecule has 1 aromatic carbocycles. The number of rotatable bonds is 4. The summed E-state index contributed by atoms with van der Waals surface area (Å²) in [7, 11) is 0. The van der Waals surface area contributed by atoms with E-state index in [-0.39, 0.29) is 6.54 Å². The van der Waals surface area contributed by atoms with Gasteiger partial charge in [0.05, 0.1) is 5.56 Å². The maximum absolute atomic E-state index is 12.9. The van der Waals surface area contributed by atoms with E-state index in [9.17, 15) is 13.2 Å². The normalized spacial score (nSPS) is 23.8. The molecule has 5 heteroatoms. The van der Waals surface area contributed by atoms with Crippen LogP contribution in [0, 0.1) is 0 Å². The number of hydrogen-bond donors (Lipinski definition) is 1. The van der Waals surface area contributed by atoms with Gasteiger partial charge in [0.25, 0.3) is 0 Å². The van der Waals surface area contributed by atoms with Crippen molar-refractivity contribution in [3.8, 4) is 0 Å². The molecule has 1 aliphatic carbocycles. The summed E-state index contributed by atoms with van der Waals surface area (Å²) in [5, 5.41) is 3.85. The Labute approximate surface area is 122 Å². The van der Waals surface area contributed by atoms with Crippen LogP contribution in [0.1, 0.15) is 36.8 Å². The molecule has 20 heavy (non-hydrogen) atoms.